The lowest BCUT2D eigenvalue weighted by molar-refractivity contribution is -0.131. The van der Waals surface area contributed by atoms with Gasteiger partial charge in [-0.2, -0.15) is 0 Å². The minimum absolute atomic E-state index is 0.277. The number of rotatable bonds is 16. The van der Waals surface area contributed by atoms with E-state index in [2.05, 4.69) is 5.32 Å². The minimum Gasteiger partial charge on any atom is -0.426 e. The second-order valence-corrected chi connectivity index (χ2v) is 8.58. The number of ether oxygens (including phenoxy) is 3. The summed E-state index contributed by atoms with van der Waals surface area (Å²) in [6, 6.07) is 10.3. The van der Waals surface area contributed by atoms with E-state index in [1.807, 2.05) is 0 Å². The Morgan fingerprint density at radius 3 is 2.47 bits per heavy atom. The Morgan fingerprint density at radius 1 is 1.03 bits per heavy atom. The third-order valence-corrected chi connectivity index (χ3v) is 5.76. The van der Waals surface area contributed by atoms with Crippen LogP contribution in [0.2, 0.25) is 10.0 Å². The molecule has 1 atom stereocenters. The Kier molecular flexibility index (Phi) is 13.5. The zero-order valence-corrected chi connectivity index (χ0v) is 20.9. The number of aliphatic hydroxyl groups excluding tert-OH is 2. The van der Waals surface area contributed by atoms with Crippen LogP contribution in [0.15, 0.2) is 36.4 Å². The van der Waals surface area contributed by atoms with Gasteiger partial charge in [0, 0.05) is 41.2 Å². The van der Waals surface area contributed by atoms with Gasteiger partial charge in [0.25, 0.3) is 0 Å². The number of carbonyl (C=O) groups is 1. The van der Waals surface area contributed by atoms with Crippen molar-refractivity contribution in [1.82, 2.24) is 5.32 Å². The molecule has 2 rings (SSSR count). The molecule has 0 aliphatic heterocycles. The van der Waals surface area contributed by atoms with Crippen LogP contribution in [0.5, 0.6) is 5.75 Å². The average molecular weight is 514 g/mol. The molecule has 9 heteroatoms. The Hall–Kier alpha value is -1.71. The molecule has 0 aliphatic carbocycles. The van der Waals surface area contributed by atoms with Gasteiger partial charge >= 0.3 is 5.97 Å². The smallest absolute Gasteiger partial charge is 0.308 e. The second kappa shape index (κ2) is 16.1. The fourth-order valence-electron chi connectivity index (χ4n) is 3.24. The van der Waals surface area contributed by atoms with E-state index >= 15 is 0 Å². The monoisotopic (exact) mass is 513 g/mol. The summed E-state index contributed by atoms with van der Waals surface area (Å²) in [5, 5.41) is 24.3. The molecular formula is C25H33Cl2NO6. The Morgan fingerprint density at radius 2 is 1.76 bits per heavy atom. The van der Waals surface area contributed by atoms with Crippen LogP contribution in [0.4, 0.5) is 0 Å². The topological polar surface area (TPSA) is 97.3 Å². The van der Waals surface area contributed by atoms with Gasteiger partial charge in [-0.15, -0.1) is 0 Å². The summed E-state index contributed by atoms with van der Waals surface area (Å²) in [6.45, 7) is 4.20. The van der Waals surface area contributed by atoms with Crippen molar-refractivity contribution in [3.8, 4) is 5.75 Å². The standard InChI is InChI=1S/C25H33Cl2NO6/c1-18(30)34-25-9-8-19(14-20(25)16-29)24(31)15-28-10-3-2-4-11-32-12-13-33-17-21-22(26)6-5-7-23(21)27/h5-9,14,24,28-29,31H,2-4,10-13,15-17H2,1H3/t24-/m0/s1. The van der Waals surface area contributed by atoms with Crippen LogP contribution in [0.1, 0.15) is 49.0 Å². The highest BCUT2D eigenvalue weighted by molar-refractivity contribution is 6.35. The first kappa shape index (κ1) is 28.5. The third kappa shape index (κ3) is 10.3. The molecule has 0 spiro atoms. The molecular weight excluding hydrogens is 481 g/mol. The van der Waals surface area contributed by atoms with E-state index in [-0.39, 0.29) is 6.61 Å². The van der Waals surface area contributed by atoms with Crippen LogP contribution in [-0.2, 0) is 27.5 Å². The van der Waals surface area contributed by atoms with E-state index < -0.39 is 12.1 Å². The predicted molar refractivity (Wildman–Crippen MR) is 132 cm³/mol. The van der Waals surface area contributed by atoms with Crippen molar-refractivity contribution in [2.45, 2.75) is 45.5 Å². The molecule has 0 aromatic heterocycles. The molecule has 34 heavy (non-hydrogen) atoms. The number of hydrogen-bond acceptors (Lipinski definition) is 7. The molecule has 0 radical (unpaired) electrons. The first-order chi connectivity index (χ1) is 16.4. The van der Waals surface area contributed by atoms with E-state index in [1.54, 1.807) is 36.4 Å². The maximum atomic E-state index is 11.1. The molecule has 3 N–H and O–H groups in total. The van der Waals surface area contributed by atoms with Gasteiger partial charge in [0.15, 0.2) is 0 Å². The fraction of sp³-hybridized carbons (Fsp3) is 0.480. The number of benzene rings is 2. The van der Waals surface area contributed by atoms with Crippen LogP contribution in [0, 0.1) is 0 Å². The van der Waals surface area contributed by atoms with Crippen molar-refractivity contribution in [2.75, 3.05) is 32.9 Å². The molecule has 0 saturated heterocycles. The molecule has 0 fully saturated rings. The van der Waals surface area contributed by atoms with E-state index in [0.717, 1.165) is 31.4 Å². The molecule has 0 bridgehead atoms. The van der Waals surface area contributed by atoms with E-state index in [0.29, 0.717) is 59.9 Å². The van der Waals surface area contributed by atoms with Gasteiger partial charge in [0.05, 0.1) is 32.5 Å². The maximum Gasteiger partial charge on any atom is 0.308 e. The van der Waals surface area contributed by atoms with Crippen molar-refractivity contribution in [1.29, 1.82) is 0 Å². The normalized spacial score (nSPS) is 12.0. The molecule has 0 saturated carbocycles. The summed E-state index contributed by atoms with van der Waals surface area (Å²) in [6.07, 6.45) is 2.19. The van der Waals surface area contributed by atoms with Crippen molar-refractivity contribution in [3.05, 3.63) is 63.1 Å². The number of esters is 1. The zero-order chi connectivity index (χ0) is 24.8. The predicted octanol–water partition coefficient (Wildman–Crippen LogP) is 4.44. The van der Waals surface area contributed by atoms with Gasteiger partial charge in [-0.1, -0.05) is 35.3 Å². The Balaban J connectivity index is 1.50. The lowest BCUT2D eigenvalue weighted by atomic mass is 10.1. The largest absolute Gasteiger partial charge is 0.426 e. The van der Waals surface area contributed by atoms with Crippen LogP contribution in [-0.4, -0.2) is 49.1 Å². The molecule has 0 aliphatic rings. The highest BCUT2D eigenvalue weighted by Crippen LogP contribution is 2.25. The summed E-state index contributed by atoms with van der Waals surface area (Å²) in [5.74, 6) is -0.153. The van der Waals surface area contributed by atoms with Crippen molar-refractivity contribution < 1.29 is 29.2 Å². The zero-order valence-electron chi connectivity index (χ0n) is 19.4. The maximum absolute atomic E-state index is 11.1. The van der Waals surface area contributed by atoms with Gasteiger partial charge in [0.1, 0.15) is 5.75 Å². The van der Waals surface area contributed by atoms with Crippen LogP contribution in [0.3, 0.4) is 0 Å². The summed E-state index contributed by atoms with van der Waals surface area (Å²) in [4.78, 5) is 11.1. The fourth-order valence-corrected chi connectivity index (χ4v) is 3.74. The van der Waals surface area contributed by atoms with Gasteiger partial charge < -0.3 is 29.7 Å². The van der Waals surface area contributed by atoms with Crippen LogP contribution < -0.4 is 10.1 Å². The number of aliphatic hydroxyl groups is 2. The Labute approximate surface area is 210 Å². The van der Waals surface area contributed by atoms with Crippen molar-refractivity contribution in [2.24, 2.45) is 0 Å². The number of unbranched alkanes of at least 4 members (excludes halogenated alkanes) is 2. The van der Waals surface area contributed by atoms with Gasteiger partial charge in [-0.3, -0.25) is 4.79 Å². The van der Waals surface area contributed by atoms with Gasteiger partial charge in [-0.25, -0.2) is 0 Å². The molecule has 2 aromatic rings. The van der Waals surface area contributed by atoms with Crippen molar-refractivity contribution in [3.63, 3.8) is 0 Å². The lowest BCUT2D eigenvalue weighted by Crippen LogP contribution is -2.22. The second-order valence-electron chi connectivity index (χ2n) is 7.76. The first-order valence-electron chi connectivity index (χ1n) is 11.3. The molecule has 0 unspecified atom stereocenters. The van der Waals surface area contributed by atoms with Crippen LogP contribution in [0.25, 0.3) is 0 Å². The van der Waals surface area contributed by atoms with Crippen molar-refractivity contribution >= 4 is 29.2 Å². The number of halogens is 2. The summed E-state index contributed by atoms with van der Waals surface area (Å²) in [5.41, 5.74) is 1.90. The average Bonchev–Trinajstić information content (AvgIpc) is 2.81. The van der Waals surface area contributed by atoms with Crippen LogP contribution >= 0.6 is 23.2 Å². The molecule has 0 heterocycles. The van der Waals surface area contributed by atoms with E-state index in [4.69, 9.17) is 37.4 Å². The molecule has 7 nitrogen and oxygen atoms in total. The number of nitrogens with one attached hydrogen (secondary N) is 1. The summed E-state index contributed by atoms with van der Waals surface area (Å²) in [7, 11) is 0. The van der Waals surface area contributed by atoms with Gasteiger partial charge in [-0.05, 0) is 55.6 Å². The molecule has 2 aromatic carbocycles. The highest BCUT2D eigenvalue weighted by atomic mass is 35.5. The SMILES string of the molecule is CC(=O)Oc1ccc([C@@H](O)CNCCCCCOCCOCc2c(Cl)cccc2Cl)cc1CO. The lowest BCUT2D eigenvalue weighted by Gasteiger charge is -2.15. The molecule has 0 amide bonds. The molecule has 188 valence electrons. The quantitative estimate of drug-likeness (QED) is 0.173. The summed E-state index contributed by atoms with van der Waals surface area (Å²) >= 11 is 12.2. The van der Waals surface area contributed by atoms with E-state index in [1.165, 1.54) is 6.92 Å². The third-order valence-electron chi connectivity index (χ3n) is 5.05. The van der Waals surface area contributed by atoms with Gasteiger partial charge in [0.2, 0.25) is 0 Å². The highest BCUT2D eigenvalue weighted by Gasteiger charge is 2.12. The number of carbonyl (C=O) groups excluding carboxylic acids is 1. The van der Waals surface area contributed by atoms with E-state index in [9.17, 15) is 15.0 Å². The Bertz CT molecular complexity index is 875. The number of hydrogen-bond donors (Lipinski definition) is 3. The summed E-state index contributed by atoms with van der Waals surface area (Å²) < 4.78 is 16.2. The minimum atomic E-state index is -0.722. The first-order valence-corrected chi connectivity index (χ1v) is 12.1.